The molecule has 0 unspecified atom stereocenters. The molecule has 118 valence electrons. The first-order valence-electron chi connectivity index (χ1n) is 6.39. The minimum Gasteiger partial charge on any atom is -0.473 e. The molecule has 0 aliphatic rings. The first-order valence-corrected chi connectivity index (χ1v) is 6.39. The zero-order valence-corrected chi connectivity index (χ0v) is 12.2. The molecule has 0 radical (unpaired) electrons. The fraction of sp³-hybridized carbons (Fsp3) is 0.429. The molecular weight excluding hydrogens is 279 g/mol. The topological polar surface area (TPSA) is 89.9 Å². The second-order valence-corrected chi connectivity index (χ2v) is 4.54. The van der Waals surface area contributed by atoms with Crippen LogP contribution < -0.4 is 5.32 Å². The van der Waals surface area contributed by atoms with Crippen molar-refractivity contribution < 1.29 is 24.2 Å². The number of nitrogens with zero attached hydrogens (tertiary/aromatic N) is 1. The summed E-state index contributed by atoms with van der Waals surface area (Å²) in [5.41, 5.74) is 0.738. The van der Waals surface area contributed by atoms with E-state index in [0.717, 1.165) is 25.1 Å². The Morgan fingerprint density at radius 3 is 2.24 bits per heavy atom. The summed E-state index contributed by atoms with van der Waals surface area (Å²) in [6, 6.07) is 6.88. The SMILES string of the molecule is CN(C)CCCNCc1ccccc1F.O=C(O)C(=O)O. The number of aliphatic carboxylic acids is 2. The van der Waals surface area contributed by atoms with Gasteiger partial charge in [0.05, 0.1) is 0 Å². The summed E-state index contributed by atoms with van der Waals surface area (Å²) in [6.07, 6.45) is 1.08. The lowest BCUT2D eigenvalue weighted by molar-refractivity contribution is -0.159. The zero-order valence-electron chi connectivity index (χ0n) is 12.2. The molecule has 1 aromatic carbocycles. The third-order valence-electron chi connectivity index (χ3n) is 2.42. The molecule has 1 aromatic rings. The Balaban J connectivity index is 0.000000567. The highest BCUT2D eigenvalue weighted by Crippen LogP contribution is 2.05. The minimum absolute atomic E-state index is 0.127. The van der Waals surface area contributed by atoms with Crippen LogP contribution in [0.25, 0.3) is 0 Å². The number of carboxylic acid groups (broad SMARTS) is 2. The van der Waals surface area contributed by atoms with E-state index in [0.29, 0.717) is 6.54 Å². The van der Waals surface area contributed by atoms with E-state index >= 15 is 0 Å². The monoisotopic (exact) mass is 300 g/mol. The average Bonchev–Trinajstić information content (AvgIpc) is 2.40. The van der Waals surface area contributed by atoms with Crippen LogP contribution in [0.4, 0.5) is 4.39 Å². The normalized spacial score (nSPS) is 9.90. The first-order chi connectivity index (χ1) is 9.84. The Morgan fingerprint density at radius 1 is 1.19 bits per heavy atom. The molecule has 3 N–H and O–H groups in total. The van der Waals surface area contributed by atoms with Crippen molar-refractivity contribution in [2.45, 2.75) is 13.0 Å². The molecular formula is C14H21FN2O4. The van der Waals surface area contributed by atoms with Gasteiger partial charge in [-0.3, -0.25) is 0 Å². The van der Waals surface area contributed by atoms with E-state index < -0.39 is 11.9 Å². The van der Waals surface area contributed by atoms with Crippen LogP contribution in [0.2, 0.25) is 0 Å². The third-order valence-corrected chi connectivity index (χ3v) is 2.42. The fourth-order valence-corrected chi connectivity index (χ4v) is 1.39. The van der Waals surface area contributed by atoms with Gasteiger partial charge in [-0.25, -0.2) is 14.0 Å². The van der Waals surface area contributed by atoms with E-state index in [2.05, 4.69) is 24.3 Å². The molecule has 0 spiro atoms. The van der Waals surface area contributed by atoms with Gasteiger partial charge < -0.3 is 20.4 Å². The van der Waals surface area contributed by atoms with Crippen molar-refractivity contribution in [1.29, 1.82) is 0 Å². The second kappa shape index (κ2) is 10.8. The average molecular weight is 300 g/mol. The second-order valence-electron chi connectivity index (χ2n) is 4.54. The highest BCUT2D eigenvalue weighted by Gasteiger charge is 2.04. The summed E-state index contributed by atoms with van der Waals surface area (Å²) >= 11 is 0. The van der Waals surface area contributed by atoms with Crippen molar-refractivity contribution in [1.82, 2.24) is 10.2 Å². The van der Waals surface area contributed by atoms with Gasteiger partial charge in [-0.05, 0) is 39.7 Å². The van der Waals surface area contributed by atoms with Crippen LogP contribution in [0.3, 0.4) is 0 Å². The zero-order chi connectivity index (χ0) is 16.3. The van der Waals surface area contributed by atoms with Gasteiger partial charge in [0, 0.05) is 12.1 Å². The summed E-state index contributed by atoms with van der Waals surface area (Å²) in [7, 11) is 4.10. The van der Waals surface area contributed by atoms with Gasteiger partial charge in [-0.15, -0.1) is 0 Å². The maximum atomic E-state index is 13.2. The molecule has 0 aromatic heterocycles. The van der Waals surface area contributed by atoms with Gasteiger partial charge in [0.25, 0.3) is 0 Å². The smallest absolute Gasteiger partial charge is 0.414 e. The summed E-state index contributed by atoms with van der Waals surface area (Å²) < 4.78 is 13.2. The highest BCUT2D eigenvalue weighted by atomic mass is 19.1. The van der Waals surface area contributed by atoms with E-state index in [1.165, 1.54) is 6.07 Å². The Bertz CT molecular complexity index is 440. The number of hydrogen-bond acceptors (Lipinski definition) is 4. The van der Waals surface area contributed by atoms with E-state index in [1.807, 2.05) is 12.1 Å². The van der Waals surface area contributed by atoms with Gasteiger partial charge in [-0.1, -0.05) is 18.2 Å². The van der Waals surface area contributed by atoms with Gasteiger partial charge in [0.15, 0.2) is 0 Å². The van der Waals surface area contributed by atoms with Crippen LogP contribution in [-0.4, -0.2) is 54.2 Å². The highest BCUT2D eigenvalue weighted by molar-refractivity contribution is 6.27. The predicted molar refractivity (Wildman–Crippen MR) is 76.5 cm³/mol. The van der Waals surface area contributed by atoms with Crippen molar-refractivity contribution in [3.63, 3.8) is 0 Å². The predicted octanol–water partition coefficient (Wildman–Crippen LogP) is 1.02. The lowest BCUT2D eigenvalue weighted by Gasteiger charge is -2.10. The van der Waals surface area contributed by atoms with Gasteiger partial charge in [-0.2, -0.15) is 0 Å². The Hall–Kier alpha value is -1.99. The molecule has 1 rings (SSSR count). The fourth-order valence-electron chi connectivity index (χ4n) is 1.39. The molecule has 0 saturated heterocycles. The van der Waals surface area contributed by atoms with Gasteiger partial charge in [0.1, 0.15) is 5.82 Å². The van der Waals surface area contributed by atoms with Crippen molar-refractivity contribution in [3.05, 3.63) is 35.6 Å². The third kappa shape index (κ3) is 10.5. The molecule has 6 nitrogen and oxygen atoms in total. The molecule has 0 saturated carbocycles. The molecule has 0 atom stereocenters. The Kier molecular flexibility index (Phi) is 9.74. The molecule has 21 heavy (non-hydrogen) atoms. The number of hydrogen-bond donors (Lipinski definition) is 3. The van der Waals surface area contributed by atoms with E-state index in [9.17, 15) is 4.39 Å². The minimum atomic E-state index is -1.82. The molecule has 0 amide bonds. The largest absolute Gasteiger partial charge is 0.473 e. The number of benzene rings is 1. The number of carboxylic acids is 2. The summed E-state index contributed by atoms with van der Waals surface area (Å²) in [5, 5.41) is 18.0. The molecule has 0 bridgehead atoms. The standard InChI is InChI=1S/C12H19FN2.C2H2O4/c1-15(2)9-5-8-14-10-11-6-3-4-7-12(11)13;3-1(4)2(5)6/h3-4,6-7,14H,5,8-10H2,1-2H3;(H,3,4)(H,5,6). The lowest BCUT2D eigenvalue weighted by atomic mass is 10.2. The maximum absolute atomic E-state index is 13.2. The van der Waals surface area contributed by atoms with E-state index in [1.54, 1.807) is 6.07 Å². The van der Waals surface area contributed by atoms with Crippen LogP contribution in [-0.2, 0) is 16.1 Å². The van der Waals surface area contributed by atoms with E-state index in [-0.39, 0.29) is 5.82 Å². The van der Waals surface area contributed by atoms with Crippen molar-refractivity contribution in [2.75, 3.05) is 27.2 Å². The number of nitrogens with one attached hydrogen (secondary N) is 1. The summed E-state index contributed by atoms with van der Waals surface area (Å²) in [4.78, 5) is 20.3. The molecule has 0 fully saturated rings. The Morgan fingerprint density at radius 2 is 1.76 bits per heavy atom. The van der Waals surface area contributed by atoms with Crippen LogP contribution in [0.1, 0.15) is 12.0 Å². The van der Waals surface area contributed by atoms with Crippen molar-refractivity contribution in [3.8, 4) is 0 Å². The quantitative estimate of drug-likeness (QED) is 0.537. The van der Waals surface area contributed by atoms with Crippen LogP contribution in [0, 0.1) is 5.82 Å². The van der Waals surface area contributed by atoms with Gasteiger partial charge >= 0.3 is 11.9 Å². The van der Waals surface area contributed by atoms with Crippen LogP contribution in [0.15, 0.2) is 24.3 Å². The molecule has 0 aliphatic heterocycles. The summed E-state index contributed by atoms with van der Waals surface area (Å²) in [5.74, 6) is -3.78. The number of halogens is 1. The number of rotatable bonds is 6. The lowest BCUT2D eigenvalue weighted by Crippen LogP contribution is -2.21. The first kappa shape index (κ1) is 19.0. The maximum Gasteiger partial charge on any atom is 0.414 e. The van der Waals surface area contributed by atoms with Gasteiger partial charge in [0.2, 0.25) is 0 Å². The molecule has 0 aliphatic carbocycles. The van der Waals surface area contributed by atoms with Crippen molar-refractivity contribution >= 4 is 11.9 Å². The van der Waals surface area contributed by atoms with Crippen molar-refractivity contribution in [2.24, 2.45) is 0 Å². The molecule has 0 heterocycles. The number of carbonyl (C=O) groups is 2. The summed E-state index contributed by atoms with van der Waals surface area (Å²) in [6.45, 7) is 2.59. The van der Waals surface area contributed by atoms with Crippen LogP contribution >= 0.6 is 0 Å². The van der Waals surface area contributed by atoms with Crippen LogP contribution in [0.5, 0.6) is 0 Å². The molecule has 7 heteroatoms. The van der Waals surface area contributed by atoms with E-state index in [4.69, 9.17) is 19.8 Å². The Labute approximate surface area is 123 Å².